The molecule has 3 N–H and O–H groups in total. The average Bonchev–Trinajstić information content (AvgIpc) is 2.30. The quantitative estimate of drug-likeness (QED) is 0.880. The molecule has 0 aliphatic heterocycles. The first-order chi connectivity index (χ1) is 8.64. The van der Waals surface area contributed by atoms with Crippen LogP contribution in [0.4, 0.5) is 0 Å². The van der Waals surface area contributed by atoms with E-state index in [0.29, 0.717) is 0 Å². The number of rotatable bonds is 3. The highest BCUT2D eigenvalue weighted by Crippen LogP contribution is 2.22. The second-order valence-corrected chi connectivity index (χ2v) is 6.36. The second-order valence-electron chi connectivity index (χ2n) is 6.36. The van der Waals surface area contributed by atoms with Crippen LogP contribution in [0.25, 0.3) is 0 Å². The van der Waals surface area contributed by atoms with Gasteiger partial charge in [-0.25, -0.2) is 0 Å². The summed E-state index contributed by atoms with van der Waals surface area (Å²) in [6.07, 6.45) is 0. The van der Waals surface area contributed by atoms with Gasteiger partial charge in [-0.15, -0.1) is 0 Å². The molecule has 0 aliphatic carbocycles. The Kier molecular flexibility index (Phi) is 4.75. The van der Waals surface area contributed by atoms with E-state index < -0.39 is 6.04 Å². The minimum Gasteiger partial charge on any atom is -0.348 e. The SMILES string of the molecule is Cc1cccc(C(C)NC(=O)[C@@H](N)C(C)(C)C)c1C. The molecule has 106 valence electrons. The molecule has 0 heterocycles. The number of nitrogens with two attached hydrogens (primary N) is 1. The van der Waals surface area contributed by atoms with Crippen molar-refractivity contribution in [2.75, 3.05) is 0 Å². The summed E-state index contributed by atoms with van der Waals surface area (Å²) < 4.78 is 0. The molecule has 1 unspecified atom stereocenters. The van der Waals surface area contributed by atoms with Crippen molar-refractivity contribution in [2.45, 2.75) is 53.6 Å². The number of hydrogen-bond acceptors (Lipinski definition) is 2. The molecule has 2 atom stereocenters. The Morgan fingerprint density at radius 1 is 1.26 bits per heavy atom. The normalized spacial score (nSPS) is 14.9. The van der Waals surface area contributed by atoms with Crippen LogP contribution in [0.15, 0.2) is 18.2 Å². The molecule has 1 aromatic rings. The Bertz CT molecular complexity index is 460. The maximum absolute atomic E-state index is 12.1. The molecule has 0 spiro atoms. The number of amides is 1. The molecule has 0 fully saturated rings. The maximum Gasteiger partial charge on any atom is 0.237 e. The minimum atomic E-state index is -0.500. The Balaban J connectivity index is 2.83. The van der Waals surface area contributed by atoms with Crippen LogP contribution in [0.3, 0.4) is 0 Å². The number of hydrogen-bond donors (Lipinski definition) is 2. The van der Waals surface area contributed by atoms with E-state index in [-0.39, 0.29) is 17.4 Å². The van der Waals surface area contributed by atoms with Gasteiger partial charge >= 0.3 is 0 Å². The first-order valence-electron chi connectivity index (χ1n) is 6.76. The van der Waals surface area contributed by atoms with E-state index in [1.165, 1.54) is 11.1 Å². The van der Waals surface area contributed by atoms with Crippen LogP contribution in [0, 0.1) is 19.3 Å². The molecule has 19 heavy (non-hydrogen) atoms. The van der Waals surface area contributed by atoms with Gasteiger partial charge in [0.2, 0.25) is 5.91 Å². The standard InChI is InChI=1S/C16H26N2O/c1-10-8-7-9-13(11(10)2)12(3)18-15(19)14(17)16(4,5)6/h7-9,12,14H,17H2,1-6H3,(H,18,19)/t12?,14-/m1/s1. The summed E-state index contributed by atoms with van der Waals surface area (Å²) in [7, 11) is 0. The van der Waals surface area contributed by atoms with Crippen LogP contribution in [-0.2, 0) is 4.79 Å². The molecule has 1 amide bonds. The van der Waals surface area contributed by atoms with E-state index in [9.17, 15) is 4.79 Å². The molecular weight excluding hydrogens is 236 g/mol. The fraction of sp³-hybridized carbons (Fsp3) is 0.562. The zero-order chi connectivity index (χ0) is 14.8. The Morgan fingerprint density at radius 3 is 2.37 bits per heavy atom. The van der Waals surface area contributed by atoms with E-state index in [1.54, 1.807) is 0 Å². The zero-order valence-electron chi connectivity index (χ0n) is 12.9. The molecule has 0 saturated heterocycles. The molecule has 0 aromatic heterocycles. The average molecular weight is 262 g/mol. The van der Waals surface area contributed by atoms with Crippen molar-refractivity contribution in [3.8, 4) is 0 Å². The van der Waals surface area contributed by atoms with E-state index >= 15 is 0 Å². The minimum absolute atomic E-state index is 0.0270. The van der Waals surface area contributed by atoms with Gasteiger partial charge in [0.15, 0.2) is 0 Å². The van der Waals surface area contributed by atoms with Gasteiger partial charge in [0, 0.05) is 0 Å². The maximum atomic E-state index is 12.1. The fourth-order valence-corrected chi connectivity index (χ4v) is 2.02. The van der Waals surface area contributed by atoms with Gasteiger partial charge < -0.3 is 11.1 Å². The molecular formula is C16H26N2O. The van der Waals surface area contributed by atoms with Crippen LogP contribution in [0.5, 0.6) is 0 Å². The molecule has 1 rings (SSSR count). The summed E-state index contributed by atoms with van der Waals surface area (Å²) in [6.45, 7) is 12.1. The highest BCUT2D eigenvalue weighted by atomic mass is 16.2. The van der Waals surface area contributed by atoms with Crippen LogP contribution >= 0.6 is 0 Å². The lowest BCUT2D eigenvalue weighted by Crippen LogP contribution is -2.49. The molecule has 3 heteroatoms. The van der Waals surface area contributed by atoms with Crippen molar-refractivity contribution in [3.63, 3.8) is 0 Å². The Morgan fingerprint density at radius 2 is 1.84 bits per heavy atom. The molecule has 1 aromatic carbocycles. The summed E-state index contributed by atoms with van der Waals surface area (Å²) in [5.74, 6) is -0.0964. The summed E-state index contributed by atoms with van der Waals surface area (Å²) in [4.78, 5) is 12.1. The van der Waals surface area contributed by atoms with Crippen molar-refractivity contribution < 1.29 is 4.79 Å². The summed E-state index contributed by atoms with van der Waals surface area (Å²) >= 11 is 0. The van der Waals surface area contributed by atoms with Gasteiger partial charge in [0.1, 0.15) is 0 Å². The lowest BCUT2D eigenvalue weighted by molar-refractivity contribution is -0.125. The van der Waals surface area contributed by atoms with Gasteiger partial charge in [-0.1, -0.05) is 39.0 Å². The number of carbonyl (C=O) groups excluding carboxylic acids is 1. The third kappa shape index (κ3) is 3.80. The molecule has 0 radical (unpaired) electrons. The first kappa shape index (κ1) is 15.7. The number of benzene rings is 1. The summed E-state index contributed by atoms with van der Waals surface area (Å²) in [6, 6.07) is 5.62. The van der Waals surface area contributed by atoms with Gasteiger partial charge in [-0.2, -0.15) is 0 Å². The zero-order valence-corrected chi connectivity index (χ0v) is 12.9. The van der Waals surface area contributed by atoms with E-state index in [2.05, 4.69) is 31.3 Å². The second kappa shape index (κ2) is 5.74. The summed E-state index contributed by atoms with van der Waals surface area (Å²) in [5, 5.41) is 3.01. The third-order valence-corrected chi connectivity index (χ3v) is 3.69. The van der Waals surface area contributed by atoms with Crippen molar-refractivity contribution >= 4 is 5.91 Å². The number of carbonyl (C=O) groups is 1. The molecule has 0 aliphatic rings. The van der Waals surface area contributed by atoms with E-state index in [4.69, 9.17) is 5.73 Å². The van der Waals surface area contributed by atoms with Crippen molar-refractivity contribution in [3.05, 3.63) is 34.9 Å². The number of aryl methyl sites for hydroxylation is 1. The third-order valence-electron chi connectivity index (χ3n) is 3.69. The summed E-state index contributed by atoms with van der Waals surface area (Å²) in [5.41, 5.74) is 9.35. The van der Waals surface area contributed by atoms with Crippen LogP contribution in [0.1, 0.15) is 50.4 Å². The van der Waals surface area contributed by atoms with Gasteiger partial charge in [-0.3, -0.25) is 4.79 Å². The lowest BCUT2D eigenvalue weighted by Gasteiger charge is -2.28. The topological polar surface area (TPSA) is 55.1 Å². The monoisotopic (exact) mass is 262 g/mol. The van der Waals surface area contributed by atoms with Crippen molar-refractivity contribution in [1.29, 1.82) is 0 Å². The van der Waals surface area contributed by atoms with Gasteiger partial charge in [0.05, 0.1) is 12.1 Å². The first-order valence-corrected chi connectivity index (χ1v) is 6.76. The van der Waals surface area contributed by atoms with E-state index in [0.717, 1.165) is 5.56 Å². The van der Waals surface area contributed by atoms with Crippen molar-refractivity contribution in [1.82, 2.24) is 5.32 Å². The smallest absolute Gasteiger partial charge is 0.237 e. The van der Waals surface area contributed by atoms with E-state index in [1.807, 2.05) is 33.8 Å². The molecule has 3 nitrogen and oxygen atoms in total. The number of nitrogens with one attached hydrogen (secondary N) is 1. The highest BCUT2D eigenvalue weighted by molar-refractivity contribution is 5.82. The van der Waals surface area contributed by atoms with Crippen LogP contribution in [0.2, 0.25) is 0 Å². The van der Waals surface area contributed by atoms with Crippen molar-refractivity contribution in [2.24, 2.45) is 11.1 Å². The molecule has 0 bridgehead atoms. The van der Waals surface area contributed by atoms with Gasteiger partial charge in [0.25, 0.3) is 0 Å². The Labute approximate surface area is 116 Å². The molecule has 0 saturated carbocycles. The Hall–Kier alpha value is -1.35. The predicted molar refractivity (Wildman–Crippen MR) is 79.9 cm³/mol. The predicted octanol–water partition coefficient (Wildman–Crippen LogP) is 2.85. The fourth-order valence-electron chi connectivity index (χ4n) is 2.02. The van der Waals surface area contributed by atoms with Gasteiger partial charge in [-0.05, 0) is 42.9 Å². The largest absolute Gasteiger partial charge is 0.348 e. The van der Waals surface area contributed by atoms with Crippen LogP contribution in [-0.4, -0.2) is 11.9 Å². The van der Waals surface area contributed by atoms with Crippen LogP contribution < -0.4 is 11.1 Å². The highest BCUT2D eigenvalue weighted by Gasteiger charge is 2.28. The lowest BCUT2D eigenvalue weighted by atomic mass is 9.86.